The lowest BCUT2D eigenvalue weighted by Crippen LogP contribution is -2.46. The largest absolute Gasteiger partial charge is 0.393 e. The Hall–Kier alpha value is -0.150. The summed E-state index contributed by atoms with van der Waals surface area (Å²) in [5, 5.41) is 0. The van der Waals surface area contributed by atoms with Crippen LogP contribution in [0.15, 0.2) is 0 Å². The third-order valence-electron chi connectivity index (χ3n) is 3.35. The van der Waals surface area contributed by atoms with Gasteiger partial charge in [-0.05, 0) is 31.2 Å². The first kappa shape index (κ1) is 12.9. The summed E-state index contributed by atoms with van der Waals surface area (Å²) in [7, 11) is 0. The first-order valence-electron chi connectivity index (χ1n) is 5.97. The van der Waals surface area contributed by atoms with E-state index in [4.69, 9.17) is 18.0 Å². The molecule has 0 saturated carbocycles. The van der Waals surface area contributed by atoms with Crippen molar-refractivity contribution in [3.05, 3.63) is 0 Å². The Labute approximate surface area is 99.2 Å². The number of hydrogen-bond acceptors (Lipinski definition) is 2. The van der Waals surface area contributed by atoms with Gasteiger partial charge in [0.2, 0.25) is 0 Å². The average molecular weight is 228 g/mol. The zero-order chi connectivity index (χ0) is 11.5. The van der Waals surface area contributed by atoms with Crippen LogP contribution in [-0.2, 0) is 0 Å². The van der Waals surface area contributed by atoms with E-state index in [9.17, 15) is 0 Å². The third-order valence-corrected chi connectivity index (χ3v) is 3.52. The molecule has 0 bridgehead atoms. The number of hydrogen-bond donors (Lipinski definition) is 1. The van der Waals surface area contributed by atoms with Crippen molar-refractivity contribution in [3.8, 4) is 0 Å². The maximum Gasteiger partial charge on any atom is 0.0743 e. The van der Waals surface area contributed by atoms with Gasteiger partial charge in [-0.1, -0.05) is 33.0 Å². The lowest BCUT2D eigenvalue weighted by Gasteiger charge is -2.42. The van der Waals surface area contributed by atoms with Crippen molar-refractivity contribution in [1.82, 2.24) is 4.90 Å². The smallest absolute Gasteiger partial charge is 0.0743 e. The maximum absolute atomic E-state index is 5.65. The van der Waals surface area contributed by atoms with Crippen molar-refractivity contribution >= 4 is 17.2 Å². The predicted molar refractivity (Wildman–Crippen MR) is 70.1 cm³/mol. The van der Waals surface area contributed by atoms with Crippen molar-refractivity contribution in [2.45, 2.75) is 52.5 Å². The molecule has 1 saturated heterocycles. The van der Waals surface area contributed by atoms with Gasteiger partial charge in [0.15, 0.2) is 0 Å². The van der Waals surface area contributed by atoms with Crippen molar-refractivity contribution in [2.24, 2.45) is 11.1 Å². The normalized spacial score (nSPS) is 23.7. The predicted octanol–water partition coefficient (Wildman–Crippen LogP) is 2.56. The van der Waals surface area contributed by atoms with Gasteiger partial charge >= 0.3 is 0 Å². The molecule has 1 aliphatic heterocycles. The van der Waals surface area contributed by atoms with E-state index in [0.717, 1.165) is 12.8 Å². The third kappa shape index (κ3) is 4.07. The van der Waals surface area contributed by atoms with Crippen LogP contribution in [0.5, 0.6) is 0 Å². The minimum absolute atomic E-state index is 0.460. The summed E-state index contributed by atoms with van der Waals surface area (Å²) < 4.78 is 0. The summed E-state index contributed by atoms with van der Waals surface area (Å²) in [6, 6.07) is 0.557. The fraction of sp³-hybridized carbons (Fsp3) is 0.917. The SMILES string of the molecule is CCC(CC(N)=S)N1CCCC(C)(C)C1. The molecule has 15 heavy (non-hydrogen) atoms. The van der Waals surface area contributed by atoms with E-state index >= 15 is 0 Å². The molecule has 1 fully saturated rings. The Morgan fingerprint density at radius 2 is 2.20 bits per heavy atom. The van der Waals surface area contributed by atoms with Crippen molar-refractivity contribution in [3.63, 3.8) is 0 Å². The summed E-state index contributed by atoms with van der Waals surface area (Å²) in [6.45, 7) is 9.34. The topological polar surface area (TPSA) is 29.3 Å². The van der Waals surface area contributed by atoms with Gasteiger partial charge in [-0.15, -0.1) is 0 Å². The molecule has 3 heteroatoms. The van der Waals surface area contributed by atoms with Crippen LogP contribution in [0.4, 0.5) is 0 Å². The quantitative estimate of drug-likeness (QED) is 0.750. The second kappa shape index (κ2) is 5.26. The summed E-state index contributed by atoms with van der Waals surface area (Å²) in [5.41, 5.74) is 6.11. The highest BCUT2D eigenvalue weighted by Gasteiger charge is 2.29. The molecule has 1 heterocycles. The van der Waals surface area contributed by atoms with Crippen molar-refractivity contribution in [2.75, 3.05) is 13.1 Å². The van der Waals surface area contributed by atoms with E-state index in [1.165, 1.54) is 25.9 Å². The number of thiocarbonyl (C=S) groups is 1. The lowest BCUT2D eigenvalue weighted by atomic mass is 9.83. The van der Waals surface area contributed by atoms with Gasteiger partial charge in [0.1, 0.15) is 0 Å². The number of piperidine rings is 1. The highest BCUT2D eigenvalue weighted by molar-refractivity contribution is 7.80. The van der Waals surface area contributed by atoms with Crippen LogP contribution in [0.1, 0.15) is 46.5 Å². The Bertz CT molecular complexity index is 226. The lowest BCUT2D eigenvalue weighted by molar-refractivity contribution is 0.0788. The average Bonchev–Trinajstić information content (AvgIpc) is 2.12. The molecule has 0 radical (unpaired) electrons. The first-order chi connectivity index (χ1) is 6.94. The molecule has 1 unspecified atom stereocenters. The van der Waals surface area contributed by atoms with Crippen molar-refractivity contribution in [1.29, 1.82) is 0 Å². The van der Waals surface area contributed by atoms with Crippen molar-refractivity contribution < 1.29 is 0 Å². The number of rotatable bonds is 4. The van der Waals surface area contributed by atoms with E-state index in [1.54, 1.807) is 0 Å². The molecule has 1 aliphatic rings. The second-order valence-corrected chi connectivity index (χ2v) is 6.00. The Balaban J connectivity index is 2.56. The maximum atomic E-state index is 5.65. The molecule has 88 valence electrons. The van der Waals surface area contributed by atoms with Crippen LogP contribution in [-0.4, -0.2) is 29.0 Å². The van der Waals surface area contributed by atoms with E-state index in [0.29, 0.717) is 16.4 Å². The van der Waals surface area contributed by atoms with Crippen LogP contribution in [0, 0.1) is 5.41 Å². The van der Waals surface area contributed by atoms with Gasteiger partial charge in [-0.25, -0.2) is 0 Å². The van der Waals surface area contributed by atoms with E-state index < -0.39 is 0 Å². The Kier molecular flexibility index (Phi) is 4.53. The van der Waals surface area contributed by atoms with Crippen LogP contribution in [0.25, 0.3) is 0 Å². The zero-order valence-electron chi connectivity index (χ0n) is 10.3. The molecule has 0 aliphatic carbocycles. The van der Waals surface area contributed by atoms with E-state index in [2.05, 4.69) is 25.7 Å². The first-order valence-corrected chi connectivity index (χ1v) is 6.38. The number of likely N-dealkylation sites (tertiary alicyclic amines) is 1. The Morgan fingerprint density at radius 1 is 1.53 bits per heavy atom. The van der Waals surface area contributed by atoms with Gasteiger partial charge in [-0.2, -0.15) is 0 Å². The summed E-state index contributed by atoms with van der Waals surface area (Å²) >= 11 is 5.02. The fourth-order valence-corrected chi connectivity index (χ4v) is 2.74. The molecule has 0 aromatic heterocycles. The fourth-order valence-electron chi connectivity index (χ4n) is 2.54. The number of nitrogens with two attached hydrogens (primary N) is 1. The standard InChI is InChI=1S/C12H24N2S/c1-4-10(8-11(13)15)14-7-5-6-12(2,3)9-14/h10H,4-9H2,1-3H3,(H2,13,15). The minimum Gasteiger partial charge on any atom is -0.393 e. The molecule has 2 nitrogen and oxygen atoms in total. The van der Waals surface area contributed by atoms with Crippen LogP contribution in [0.2, 0.25) is 0 Å². The highest BCUT2D eigenvalue weighted by atomic mass is 32.1. The molecule has 1 rings (SSSR count). The molecule has 0 aromatic carbocycles. The highest BCUT2D eigenvalue weighted by Crippen LogP contribution is 2.30. The van der Waals surface area contributed by atoms with E-state index in [1.807, 2.05) is 0 Å². The molecular formula is C12H24N2S. The molecular weight excluding hydrogens is 204 g/mol. The molecule has 2 N–H and O–H groups in total. The molecule has 1 atom stereocenters. The second-order valence-electron chi connectivity index (χ2n) is 5.47. The van der Waals surface area contributed by atoms with Crippen LogP contribution < -0.4 is 5.73 Å². The van der Waals surface area contributed by atoms with Crippen LogP contribution >= 0.6 is 12.2 Å². The van der Waals surface area contributed by atoms with Gasteiger partial charge in [-0.3, -0.25) is 4.90 Å². The number of nitrogens with zero attached hydrogens (tertiary/aromatic N) is 1. The molecule has 0 spiro atoms. The zero-order valence-corrected chi connectivity index (χ0v) is 11.1. The van der Waals surface area contributed by atoms with Gasteiger partial charge in [0.25, 0.3) is 0 Å². The molecule has 0 aromatic rings. The van der Waals surface area contributed by atoms with Gasteiger partial charge in [0, 0.05) is 19.0 Å². The van der Waals surface area contributed by atoms with Crippen LogP contribution in [0.3, 0.4) is 0 Å². The monoisotopic (exact) mass is 228 g/mol. The summed E-state index contributed by atoms with van der Waals surface area (Å²) in [4.78, 5) is 3.23. The minimum atomic E-state index is 0.460. The Morgan fingerprint density at radius 3 is 2.67 bits per heavy atom. The molecule has 0 amide bonds. The van der Waals surface area contributed by atoms with Gasteiger partial charge in [0.05, 0.1) is 4.99 Å². The summed E-state index contributed by atoms with van der Waals surface area (Å²) in [6.07, 6.45) is 4.67. The van der Waals surface area contributed by atoms with E-state index in [-0.39, 0.29) is 0 Å². The van der Waals surface area contributed by atoms with Gasteiger partial charge < -0.3 is 5.73 Å². The summed E-state index contributed by atoms with van der Waals surface area (Å²) in [5.74, 6) is 0.